The van der Waals surface area contributed by atoms with Crippen molar-refractivity contribution in [1.29, 1.82) is 0 Å². The van der Waals surface area contributed by atoms with Crippen LogP contribution < -0.4 is 5.32 Å². The van der Waals surface area contributed by atoms with Gasteiger partial charge in [0, 0.05) is 38.2 Å². The molecule has 0 unspecified atom stereocenters. The van der Waals surface area contributed by atoms with Crippen LogP contribution in [0.15, 0.2) is 24.4 Å². The standard InChI is InChI=1S/C16H17F3N4O2/c17-16(18,19)11-4-5-13(14(9-11)23(24)25)20-7-6-12-10-22-8-2-1-3-15(22)21-12/h4-5,9-10,20H,1-3,6-8H2. The number of nitrogens with zero attached hydrogens (tertiary/aromatic N) is 3. The van der Waals surface area contributed by atoms with Gasteiger partial charge < -0.3 is 9.88 Å². The van der Waals surface area contributed by atoms with E-state index in [-0.39, 0.29) is 5.69 Å². The van der Waals surface area contributed by atoms with Gasteiger partial charge in [0.05, 0.1) is 16.2 Å². The van der Waals surface area contributed by atoms with Crippen LogP contribution in [0.5, 0.6) is 0 Å². The highest BCUT2D eigenvalue weighted by atomic mass is 19.4. The Kier molecular flexibility index (Phi) is 4.65. The molecule has 2 heterocycles. The number of hydrogen-bond donors (Lipinski definition) is 1. The van der Waals surface area contributed by atoms with Crippen molar-refractivity contribution in [3.8, 4) is 0 Å². The van der Waals surface area contributed by atoms with E-state index in [4.69, 9.17) is 0 Å². The van der Waals surface area contributed by atoms with Crippen LogP contribution in [0.2, 0.25) is 0 Å². The van der Waals surface area contributed by atoms with E-state index in [1.807, 2.05) is 6.20 Å². The lowest BCUT2D eigenvalue weighted by molar-refractivity contribution is -0.384. The van der Waals surface area contributed by atoms with Crippen molar-refractivity contribution in [1.82, 2.24) is 9.55 Å². The number of alkyl halides is 3. The van der Waals surface area contributed by atoms with Crippen molar-refractivity contribution in [3.63, 3.8) is 0 Å². The number of fused-ring (bicyclic) bond motifs is 1. The first-order valence-corrected chi connectivity index (χ1v) is 7.99. The molecule has 0 aliphatic carbocycles. The highest BCUT2D eigenvalue weighted by Crippen LogP contribution is 2.34. The average molecular weight is 354 g/mol. The van der Waals surface area contributed by atoms with Crippen LogP contribution in [0.4, 0.5) is 24.5 Å². The summed E-state index contributed by atoms with van der Waals surface area (Å²) in [4.78, 5) is 14.8. The summed E-state index contributed by atoms with van der Waals surface area (Å²) in [6.07, 6.45) is 1.08. The Morgan fingerprint density at radius 1 is 1.32 bits per heavy atom. The minimum absolute atomic E-state index is 0.0713. The van der Waals surface area contributed by atoms with Crippen LogP contribution >= 0.6 is 0 Å². The zero-order chi connectivity index (χ0) is 18.0. The number of aromatic nitrogens is 2. The van der Waals surface area contributed by atoms with Gasteiger partial charge in [-0.25, -0.2) is 4.98 Å². The summed E-state index contributed by atoms with van der Waals surface area (Å²) in [5, 5.41) is 13.9. The van der Waals surface area contributed by atoms with Crippen molar-refractivity contribution in [2.24, 2.45) is 0 Å². The molecule has 0 fully saturated rings. The minimum Gasteiger partial charge on any atom is -0.379 e. The van der Waals surface area contributed by atoms with E-state index in [0.29, 0.717) is 19.0 Å². The van der Waals surface area contributed by atoms with Gasteiger partial charge >= 0.3 is 6.18 Å². The Morgan fingerprint density at radius 2 is 2.12 bits per heavy atom. The predicted molar refractivity (Wildman–Crippen MR) is 85.5 cm³/mol. The minimum atomic E-state index is -4.61. The Labute approximate surface area is 141 Å². The van der Waals surface area contributed by atoms with Crippen molar-refractivity contribution in [2.45, 2.75) is 38.4 Å². The number of aryl methyl sites for hydroxylation is 2. The van der Waals surface area contributed by atoms with Crippen LogP contribution in [-0.2, 0) is 25.6 Å². The molecular weight excluding hydrogens is 337 g/mol. The van der Waals surface area contributed by atoms with Crippen molar-refractivity contribution in [2.75, 3.05) is 11.9 Å². The van der Waals surface area contributed by atoms with Gasteiger partial charge in [0.1, 0.15) is 11.5 Å². The van der Waals surface area contributed by atoms with E-state index in [2.05, 4.69) is 14.9 Å². The quantitative estimate of drug-likeness (QED) is 0.655. The second-order valence-corrected chi connectivity index (χ2v) is 5.96. The third kappa shape index (κ3) is 3.92. The lowest BCUT2D eigenvalue weighted by atomic mass is 10.1. The monoisotopic (exact) mass is 354 g/mol. The summed E-state index contributed by atoms with van der Waals surface area (Å²) >= 11 is 0. The first-order chi connectivity index (χ1) is 11.8. The first-order valence-electron chi connectivity index (χ1n) is 7.99. The highest BCUT2D eigenvalue weighted by molar-refractivity contribution is 5.63. The smallest absolute Gasteiger partial charge is 0.379 e. The molecule has 0 saturated carbocycles. The second-order valence-electron chi connectivity index (χ2n) is 5.96. The fourth-order valence-electron chi connectivity index (χ4n) is 2.93. The van der Waals surface area contributed by atoms with E-state index in [9.17, 15) is 23.3 Å². The highest BCUT2D eigenvalue weighted by Gasteiger charge is 2.33. The van der Waals surface area contributed by atoms with Crippen molar-refractivity contribution >= 4 is 11.4 Å². The number of anilines is 1. The van der Waals surface area contributed by atoms with E-state index in [0.717, 1.165) is 49.5 Å². The molecule has 0 radical (unpaired) electrons. The lowest BCUT2D eigenvalue weighted by Crippen LogP contribution is -2.10. The fourth-order valence-corrected chi connectivity index (χ4v) is 2.93. The number of nitro groups is 1. The maximum atomic E-state index is 12.7. The topological polar surface area (TPSA) is 73.0 Å². The summed E-state index contributed by atoms with van der Waals surface area (Å²) in [7, 11) is 0. The van der Waals surface area contributed by atoms with Crippen LogP contribution in [0, 0.1) is 10.1 Å². The molecule has 3 rings (SSSR count). The van der Waals surface area contributed by atoms with E-state index >= 15 is 0 Å². The Balaban J connectivity index is 1.68. The summed E-state index contributed by atoms with van der Waals surface area (Å²) in [6.45, 7) is 1.29. The van der Waals surface area contributed by atoms with Crippen LogP contribution in [0.25, 0.3) is 0 Å². The second kappa shape index (κ2) is 6.73. The molecule has 2 aromatic rings. The predicted octanol–water partition coefficient (Wildman–Crippen LogP) is 3.80. The lowest BCUT2D eigenvalue weighted by Gasteiger charge is -2.11. The molecule has 1 aliphatic heterocycles. The molecule has 0 atom stereocenters. The number of nitrogens with one attached hydrogen (secondary N) is 1. The van der Waals surface area contributed by atoms with Gasteiger partial charge in [0.25, 0.3) is 5.69 Å². The van der Waals surface area contributed by atoms with Crippen LogP contribution in [0.1, 0.15) is 29.9 Å². The van der Waals surface area contributed by atoms with E-state index in [1.165, 1.54) is 0 Å². The summed E-state index contributed by atoms with van der Waals surface area (Å²) in [5.74, 6) is 1.04. The average Bonchev–Trinajstić information content (AvgIpc) is 2.96. The third-order valence-electron chi connectivity index (χ3n) is 4.18. The zero-order valence-corrected chi connectivity index (χ0v) is 13.3. The molecule has 1 N–H and O–H groups in total. The number of benzene rings is 1. The maximum absolute atomic E-state index is 12.7. The van der Waals surface area contributed by atoms with E-state index < -0.39 is 22.4 Å². The van der Waals surface area contributed by atoms with Gasteiger partial charge in [-0.05, 0) is 25.0 Å². The molecule has 0 saturated heterocycles. The largest absolute Gasteiger partial charge is 0.416 e. The SMILES string of the molecule is O=[N+]([O-])c1cc(C(F)(F)F)ccc1NCCc1cn2c(n1)CCCC2. The Hall–Kier alpha value is -2.58. The molecule has 0 bridgehead atoms. The normalized spacial score (nSPS) is 14.2. The molecule has 1 aromatic heterocycles. The molecule has 1 aliphatic rings. The molecule has 134 valence electrons. The number of halogens is 3. The van der Waals surface area contributed by atoms with Gasteiger partial charge in [0.2, 0.25) is 0 Å². The zero-order valence-electron chi connectivity index (χ0n) is 13.3. The first kappa shape index (κ1) is 17.2. The van der Waals surface area contributed by atoms with Gasteiger partial charge in [-0.2, -0.15) is 13.2 Å². The fraction of sp³-hybridized carbons (Fsp3) is 0.438. The molecule has 0 amide bonds. The number of rotatable bonds is 5. The van der Waals surface area contributed by atoms with Gasteiger partial charge in [0.15, 0.2) is 0 Å². The van der Waals surface area contributed by atoms with E-state index in [1.54, 1.807) is 0 Å². The molecule has 25 heavy (non-hydrogen) atoms. The molecule has 6 nitrogen and oxygen atoms in total. The number of imidazole rings is 1. The number of nitro benzene ring substituents is 1. The van der Waals surface area contributed by atoms with Crippen LogP contribution in [0.3, 0.4) is 0 Å². The van der Waals surface area contributed by atoms with Gasteiger partial charge in [-0.15, -0.1) is 0 Å². The van der Waals surface area contributed by atoms with Gasteiger partial charge in [-0.1, -0.05) is 0 Å². The molecule has 1 aromatic carbocycles. The van der Waals surface area contributed by atoms with Gasteiger partial charge in [-0.3, -0.25) is 10.1 Å². The van der Waals surface area contributed by atoms with Crippen LogP contribution in [-0.4, -0.2) is 21.0 Å². The summed E-state index contributed by atoms with van der Waals surface area (Å²) in [6, 6.07) is 2.49. The Bertz CT molecular complexity index is 763. The molecular formula is C16H17F3N4O2. The maximum Gasteiger partial charge on any atom is 0.416 e. The van der Waals surface area contributed by atoms with Crippen molar-refractivity contribution < 1.29 is 18.1 Å². The Morgan fingerprint density at radius 3 is 2.80 bits per heavy atom. The summed E-state index contributed by atoms with van der Waals surface area (Å²) < 4.78 is 40.2. The summed E-state index contributed by atoms with van der Waals surface area (Å²) in [5.41, 5.74) is -0.675. The molecule has 9 heteroatoms. The molecule has 0 spiro atoms. The third-order valence-corrected chi connectivity index (χ3v) is 4.18. The van der Waals surface area contributed by atoms with Crippen molar-refractivity contribution in [3.05, 3.63) is 51.6 Å². The number of hydrogen-bond acceptors (Lipinski definition) is 4.